The number of nitrogens with one attached hydrogen (secondary N) is 1. The quantitative estimate of drug-likeness (QED) is 0.716. The van der Waals surface area contributed by atoms with Gasteiger partial charge in [-0.25, -0.2) is 0 Å². The SMILES string of the molecule is Cc1ccccc1CN1CCC(NC(=O)C(C)CSc2ccccc2)CC1. The van der Waals surface area contributed by atoms with Crippen molar-refractivity contribution in [1.82, 2.24) is 10.2 Å². The molecule has 0 bridgehead atoms. The zero-order chi connectivity index (χ0) is 19.1. The Balaban J connectivity index is 1.39. The third kappa shape index (κ3) is 6.12. The summed E-state index contributed by atoms with van der Waals surface area (Å²) in [6, 6.07) is 19.2. The summed E-state index contributed by atoms with van der Waals surface area (Å²) in [5.74, 6) is 1.04. The maximum Gasteiger partial charge on any atom is 0.223 e. The fraction of sp³-hybridized carbons (Fsp3) is 0.435. The molecule has 2 aromatic carbocycles. The minimum absolute atomic E-state index is 0.0280. The number of benzene rings is 2. The molecule has 1 atom stereocenters. The summed E-state index contributed by atoms with van der Waals surface area (Å²) >= 11 is 1.75. The molecule has 1 heterocycles. The molecule has 2 aromatic rings. The zero-order valence-electron chi connectivity index (χ0n) is 16.4. The fourth-order valence-electron chi connectivity index (χ4n) is 3.42. The van der Waals surface area contributed by atoms with Crippen molar-refractivity contribution in [2.24, 2.45) is 5.92 Å². The average Bonchev–Trinajstić information content (AvgIpc) is 2.70. The Morgan fingerprint density at radius 2 is 1.78 bits per heavy atom. The van der Waals surface area contributed by atoms with Gasteiger partial charge in [0.05, 0.1) is 0 Å². The van der Waals surface area contributed by atoms with Gasteiger partial charge in [-0.3, -0.25) is 9.69 Å². The van der Waals surface area contributed by atoms with Gasteiger partial charge < -0.3 is 5.32 Å². The Morgan fingerprint density at radius 1 is 1.11 bits per heavy atom. The van der Waals surface area contributed by atoms with E-state index in [4.69, 9.17) is 0 Å². The highest BCUT2D eigenvalue weighted by Gasteiger charge is 2.23. The fourth-order valence-corrected chi connectivity index (χ4v) is 4.36. The molecule has 0 radical (unpaired) electrons. The minimum atomic E-state index is 0.0280. The first kappa shape index (κ1) is 20.0. The van der Waals surface area contributed by atoms with E-state index in [2.05, 4.69) is 53.5 Å². The van der Waals surface area contributed by atoms with Gasteiger partial charge >= 0.3 is 0 Å². The van der Waals surface area contributed by atoms with Gasteiger partial charge in [0.25, 0.3) is 0 Å². The topological polar surface area (TPSA) is 32.3 Å². The predicted molar refractivity (Wildman–Crippen MR) is 114 cm³/mol. The third-order valence-corrected chi connectivity index (χ3v) is 6.55. The Labute approximate surface area is 167 Å². The lowest BCUT2D eigenvalue weighted by atomic mass is 10.0. The van der Waals surface area contributed by atoms with Crippen LogP contribution in [0.15, 0.2) is 59.5 Å². The van der Waals surface area contributed by atoms with Crippen molar-refractivity contribution >= 4 is 17.7 Å². The molecule has 1 amide bonds. The van der Waals surface area contributed by atoms with E-state index >= 15 is 0 Å². The second-order valence-corrected chi connectivity index (χ2v) is 8.60. The molecule has 1 N–H and O–H groups in total. The summed E-state index contributed by atoms with van der Waals surface area (Å²) in [5, 5.41) is 3.27. The van der Waals surface area contributed by atoms with E-state index < -0.39 is 0 Å². The molecule has 1 fully saturated rings. The summed E-state index contributed by atoms with van der Waals surface area (Å²) in [6.07, 6.45) is 2.08. The first-order valence-electron chi connectivity index (χ1n) is 9.87. The number of hydrogen-bond acceptors (Lipinski definition) is 3. The lowest BCUT2D eigenvalue weighted by Crippen LogP contribution is -2.46. The highest BCUT2D eigenvalue weighted by Crippen LogP contribution is 2.21. The number of likely N-dealkylation sites (tertiary alicyclic amines) is 1. The van der Waals surface area contributed by atoms with E-state index in [0.717, 1.165) is 38.2 Å². The molecule has 27 heavy (non-hydrogen) atoms. The van der Waals surface area contributed by atoms with Crippen molar-refractivity contribution in [2.75, 3.05) is 18.8 Å². The van der Waals surface area contributed by atoms with Crippen LogP contribution in [0.2, 0.25) is 0 Å². The lowest BCUT2D eigenvalue weighted by Gasteiger charge is -2.33. The predicted octanol–water partition coefficient (Wildman–Crippen LogP) is 4.50. The van der Waals surface area contributed by atoms with Crippen LogP contribution in [-0.4, -0.2) is 35.7 Å². The number of aryl methyl sites for hydroxylation is 1. The van der Waals surface area contributed by atoms with Crippen LogP contribution in [0.5, 0.6) is 0 Å². The first-order chi connectivity index (χ1) is 13.1. The summed E-state index contributed by atoms with van der Waals surface area (Å²) in [5.41, 5.74) is 2.77. The maximum atomic E-state index is 12.5. The number of rotatable bonds is 7. The smallest absolute Gasteiger partial charge is 0.223 e. The molecule has 0 spiro atoms. The van der Waals surface area contributed by atoms with Crippen molar-refractivity contribution in [3.63, 3.8) is 0 Å². The van der Waals surface area contributed by atoms with Gasteiger partial charge in [-0.15, -0.1) is 11.8 Å². The summed E-state index contributed by atoms with van der Waals surface area (Å²) in [6.45, 7) is 7.31. The second kappa shape index (κ2) is 9.95. The second-order valence-electron chi connectivity index (χ2n) is 7.51. The molecule has 1 saturated heterocycles. The van der Waals surface area contributed by atoms with E-state index in [1.165, 1.54) is 16.0 Å². The first-order valence-corrected chi connectivity index (χ1v) is 10.9. The molecule has 144 valence electrons. The van der Waals surface area contributed by atoms with Crippen molar-refractivity contribution in [3.8, 4) is 0 Å². The van der Waals surface area contributed by atoms with Crippen molar-refractivity contribution in [3.05, 3.63) is 65.7 Å². The van der Waals surface area contributed by atoms with Crippen LogP contribution in [0, 0.1) is 12.8 Å². The molecule has 0 aliphatic carbocycles. The number of carbonyl (C=O) groups is 1. The zero-order valence-corrected chi connectivity index (χ0v) is 17.2. The molecular formula is C23H30N2OS. The van der Waals surface area contributed by atoms with E-state index in [-0.39, 0.29) is 11.8 Å². The van der Waals surface area contributed by atoms with E-state index in [0.29, 0.717) is 6.04 Å². The molecule has 4 heteroatoms. The van der Waals surface area contributed by atoms with Crippen LogP contribution in [0.4, 0.5) is 0 Å². The van der Waals surface area contributed by atoms with Gasteiger partial charge in [0.1, 0.15) is 0 Å². The van der Waals surface area contributed by atoms with Crippen LogP contribution in [-0.2, 0) is 11.3 Å². The Bertz CT molecular complexity index is 726. The van der Waals surface area contributed by atoms with Gasteiger partial charge in [-0.1, -0.05) is 49.4 Å². The van der Waals surface area contributed by atoms with E-state index in [1.807, 2.05) is 25.1 Å². The van der Waals surface area contributed by atoms with Crippen LogP contribution >= 0.6 is 11.8 Å². The van der Waals surface area contributed by atoms with Gasteiger partial charge in [-0.05, 0) is 43.0 Å². The lowest BCUT2D eigenvalue weighted by molar-refractivity contribution is -0.124. The molecule has 1 aliphatic heterocycles. The van der Waals surface area contributed by atoms with Crippen LogP contribution in [0.25, 0.3) is 0 Å². The number of thioether (sulfide) groups is 1. The largest absolute Gasteiger partial charge is 0.353 e. The molecule has 3 nitrogen and oxygen atoms in total. The standard InChI is InChI=1S/C23H30N2OS/c1-18-8-6-7-9-20(18)16-25-14-12-21(13-15-25)24-23(26)19(2)17-27-22-10-4-3-5-11-22/h3-11,19,21H,12-17H2,1-2H3,(H,24,26). The molecule has 1 unspecified atom stereocenters. The maximum absolute atomic E-state index is 12.5. The summed E-state index contributed by atoms with van der Waals surface area (Å²) in [4.78, 5) is 16.2. The molecule has 0 saturated carbocycles. The van der Waals surface area contributed by atoms with Crippen molar-refractivity contribution in [2.45, 2.75) is 44.2 Å². The highest BCUT2D eigenvalue weighted by molar-refractivity contribution is 7.99. The number of piperidine rings is 1. The van der Waals surface area contributed by atoms with Crippen LogP contribution in [0.3, 0.4) is 0 Å². The van der Waals surface area contributed by atoms with Gasteiger partial charge in [-0.2, -0.15) is 0 Å². The molecule has 3 rings (SSSR count). The molecular weight excluding hydrogens is 352 g/mol. The Kier molecular flexibility index (Phi) is 7.36. The monoisotopic (exact) mass is 382 g/mol. The van der Waals surface area contributed by atoms with E-state index in [1.54, 1.807) is 11.8 Å². The number of carbonyl (C=O) groups excluding carboxylic acids is 1. The van der Waals surface area contributed by atoms with Gasteiger partial charge in [0.15, 0.2) is 0 Å². The van der Waals surface area contributed by atoms with Gasteiger partial charge in [0.2, 0.25) is 5.91 Å². The third-order valence-electron chi connectivity index (χ3n) is 5.28. The molecule has 1 aliphatic rings. The number of hydrogen-bond donors (Lipinski definition) is 1. The van der Waals surface area contributed by atoms with Crippen molar-refractivity contribution in [1.29, 1.82) is 0 Å². The highest BCUT2D eigenvalue weighted by atomic mass is 32.2. The van der Waals surface area contributed by atoms with E-state index in [9.17, 15) is 4.79 Å². The number of nitrogens with zero attached hydrogens (tertiary/aromatic N) is 1. The van der Waals surface area contributed by atoms with Crippen molar-refractivity contribution < 1.29 is 4.79 Å². The van der Waals surface area contributed by atoms with Gasteiger partial charge in [0, 0.05) is 42.2 Å². The average molecular weight is 383 g/mol. The van der Waals surface area contributed by atoms with Crippen LogP contribution in [0.1, 0.15) is 30.9 Å². The van der Waals surface area contributed by atoms with Crippen LogP contribution < -0.4 is 5.32 Å². The Morgan fingerprint density at radius 3 is 2.48 bits per heavy atom. The summed E-state index contributed by atoms with van der Waals surface area (Å²) < 4.78 is 0. The Hall–Kier alpha value is -1.78. The molecule has 0 aromatic heterocycles. The number of amides is 1. The minimum Gasteiger partial charge on any atom is -0.353 e. The normalized spacial score (nSPS) is 16.8. The summed E-state index contributed by atoms with van der Waals surface area (Å²) in [7, 11) is 0.